The topological polar surface area (TPSA) is 83.5 Å². The van der Waals surface area contributed by atoms with E-state index in [0.717, 1.165) is 31.0 Å². The van der Waals surface area contributed by atoms with Gasteiger partial charge in [-0.2, -0.15) is 0 Å². The van der Waals surface area contributed by atoms with E-state index in [0.29, 0.717) is 0 Å². The average molecular weight is 322 g/mol. The van der Waals surface area contributed by atoms with Crippen LogP contribution in [0.5, 0.6) is 0 Å². The molecular weight excluding hydrogens is 309 g/mol. The lowest BCUT2D eigenvalue weighted by Crippen LogP contribution is -2.38. The maximum absolute atomic E-state index is 12.9. The minimum atomic E-state index is -3.97. The molecule has 1 fully saturated rings. The second kappa shape index (κ2) is 5.67. The Kier molecular flexibility index (Phi) is 4.31. The second-order valence-electron chi connectivity index (χ2n) is 4.74. The Hall–Kier alpha value is -1.18. The summed E-state index contributed by atoms with van der Waals surface area (Å²) in [6, 6.07) is 2.28. The fourth-order valence-electron chi connectivity index (χ4n) is 1.95. The van der Waals surface area contributed by atoms with Crippen molar-refractivity contribution in [3.63, 3.8) is 0 Å². The molecule has 0 amide bonds. The van der Waals surface area contributed by atoms with Crippen molar-refractivity contribution >= 4 is 27.6 Å². The Morgan fingerprint density at radius 1 is 1.50 bits per heavy atom. The summed E-state index contributed by atoms with van der Waals surface area (Å²) in [5.41, 5.74) is 0. The maximum Gasteiger partial charge on any atom is 0.304 e. The predicted octanol–water partition coefficient (Wildman–Crippen LogP) is 2.01. The van der Waals surface area contributed by atoms with Crippen LogP contribution in [0, 0.1) is 11.7 Å². The highest BCUT2D eigenvalue weighted by molar-refractivity contribution is 7.89. The van der Waals surface area contributed by atoms with Gasteiger partial charge < -0.3 is 5.11 Å². The van der Waals surface area contributed by atoms with Crippen LogP contribution in [0.15, 0.2) is 23.1 Å². The van der Waals surface area contributed by atoms with Crippen molar-refractivity contribution in [1.29, 1.82) is 0 Å². The van der Waals surface area contributed by atoms with Crippen LogP contribution in [0.1, 0.15) is 19.3 Å². The summed E-state index contributed by atoms with van der Waals surface area (Å²) in [4.78, 5) is 10.5. The third-order valence-electron chi connectivity index (χ3n) is 3.08. The van der Waals surface area contributed by atoms with Crippen LogP contribution in [0.25, 0.3) is 0 Å². The smallest absolute Gasteiger partial charge is 0.304 e. The van der Waals surface area contributed by atoms with Gasteiger partial charge in [-0.25, -0.2) is 17.5 Å². The van der Waals surface area contributed by atoms with Gasteiger partial charge in [-0.1, -0.05) is 11.6 Å². The molecule has 5 nitrogen and oxygen atoms in total. The molecule has 1 aromatic carbocycles. The summed E-state index contributed by atoms with van der Waals surface area (Å²) in [5, 5.41) is 8.57. The molecule has 0 heterocycles. The lowest BCUT2D eigenvalue weighted by atomic mass is 10.1. The first-order valence-corrected chi connectivity index (χ1v) is 7.85. The Labute approximate surface area is 120 Å². The molecule has 0 saturated heterocycles. The number of halogens is 2. The molecule has 0 aromatic heterocycles. The van der Waals surface area contributed by atoms with E-state index >= 15 is 0 Å². The van der Waals surface area contributed by atoms with Gasteiger partial charge >= 0.3 is 5.97 Å². The van der Waals surface area contributed by atoms with Gasteiger partial charge in [0.25, 0.3) is 0 Å². The number of hydrogen-bond acceptors (Lipinski definition) is 3. The number of sulfonamides is 1. The van der Waals surface area contributed by atoms with Crippen molar-refractivity contribution in [1.82, 2.24) is 4.72 Å². The van der Waals surface area contributed by atoms with Crippen molar-refractivity contribution < 1.29 is 22.7 Å². The number of nitrogens with one attached hydrogen (secondary N) is 1. The molecule has 110 valence electrons. The van der Waals surface area contributed by atoms with Crippen molar-refractivity contribution in [3.8, 4) is 0 Å². The quantitative estimate of drug-likeness (QED) is 0.839. The molecule has 1 saturated carbocycles. The SMILES string of the molecule is O=C(O)CC(NS(=O)(=O)c1ccc(F)cc1Cl)C1CC1. The number of aliphatic carboxylic acids is 1. The van der Waals surface area contributed by atoms with Crippen molar-refractivity contribution in [2.24, 2.45) is 5.92 Å². The number of benzene rings is 1. The Balaban J connectivity index is 2.22. The van der Waals surface area contributed by atoms with Gasteiger partial charge in [-0.05, 0) is 37.0 Å². The fraction of sp³-hybridized carbons (Fsp3) is 0.417. The van der Waals surface area contributed by atoms with E-state index in [1.807, 2.05) is 0 Å². The van der Waals surface area contributed by atoms with E-state index in [2.05, 4.69) is 4.72 Å². The number of hydrogen-bond donors (Lipinski definition) is 2. The standard InChI is InChI=1S/C12H13ClFNO4S/c13-9-5-8(14)3-4-11(9)20(18,19)15-10(6-12(16)17)7-1-2-7/h3-5,7,10,15H,1-2,6H2,(H,16,17). The average Bonchev–Trinajstić information content (AvgIpc) is 3.09. The fourth-order valence-corrected chi connectivity index (χ4v) is 3.78. The highest BCUT2D eigenvalue weighted by atomic mass is 35.5. The summed E-state index contributed by atoms with van der Waals surface area (Å²) in [6.45, 7) is 0. The van der Waals surface area contributed by atoms with Crippen molar-refractivity contribution in [2.45, 2.75) is 30.2 Å². The molecule has 1 unspecified atom stereocenters. The number of carbonyl (C=O) groups is 1. The van der Waals surface area contributed by atoms with Crippen LogP contribution in [0.3, 0.4) is 0 Å². The van der Waals surface area contributed by atoms with E-state index in [9.17, 15) is 17.6 Å². The van der Waals surface area contributed by atoms with Crippen LogP contribution in [0.4, 0.5) is 4.39 Å². The van der Waals surface area contributed by atoms with Crippen LogP contribution in [0.2, 0.25) is 5.02 Å². The molecule has 1 atom stereocenters. The summed E-state index contributed by atoms with van der Waals surface area (Å²) in [7, 11) is -3.97. The highest BCUT2D eigenvalue weighted by Gasteiger charge is 2.36. The van der Waals surface area contributed by atoms with Gasteiger partial charge in [0.2, 0.25) is 10.0 Å². The van der Waals surface area contributed by atoms with Gasteiger partial charge in [0.15, 0.2) is 0 Å². The summed E-state index contributed by atoms with van der Waals surface area (Å²) in [6.07, 6.45) is 1.29. The summed E-state index contributed by atoms with van der Waals surface area (Å²) >= 11 is 5.72. The van der Waals surface area contributed by atoms with Gasteiger partial charge in [0.1, 0.15) is 10.7 Å². The van der Waals surface area contributed by atoms with E-state index in [4.69, 9.17) is 16.7 Å². The number of carboxylic acid groups (broad SMARTS) is 1. The van der Waals surface area contributed by atoms with Crippen LogP contribution >= 0.6 is 11.6 Å². The highest BCUT2D eigenvalue weighted by Crippen LogP contribution is 2.35. The number of carboxylic acids is 1. The Morgan fingerprint density at radius 2 is 2.15 bits per heavy atom. The van der Waals surface area contributed by atoms with Gasteiger partial charge in [0, 0.05) is 6.04 Å². The van der Waals surface area contributed by atoms with Crippen LogP contribution in [-0.2, 0) is 14.8 Å². The molecule has 8 heteroatoms. The van der Waals surface area contributed by atoms with E-state index < -0.39 is 27.9 Å². The minimum absolute atomic E-state index is 0.0279. The van der Waals surface area contributed by atoms with Gasteiger partial charge in [0.05, 0.1) is 11.4 Å². The lowest BCUT2D eigenvalue weighted by Gasteiger charge is -2.17. The molecule has 1 aromatic rings. The summed E-state index contributed by atoms with van der Waals surface area (Å²) in [5.74, 6) is -1.69. The van der Waals surface area contributed by atoms with E-state index in [-0.39, 0.29) is 22.3 Å². The zero-order chi connectivity index (χ0) is 14.9. The first-order valence-electron chi connectivity index (χ1n) is 5.99. The predicted molar refractivity (Wildman–Crippen MR) is 70.5 cm³/mol. The van der Waals surface area contributed by atoms with Gasteiger partial charge in [-0.15, -0.1) is 0 Å². The Morgan fingerprint density at radius 3 is 2.65 bits per heavy atom. The molecule has 0 radical (unpaired) electrons. The van der Waals surface area contributed by atoms with E-state index in [1.54, 1.807) is 0 Å². The third-order valence-corrected chi connectivity index (χ3v) is 5.05. The molecule has 0 spiro atoms. The third kappa shape index (κ3) is 3.68. The van der Waals surface area contributed by atoms with Gasteiger partial charge in [-0.3, -0.25) is 4.79 Å². The van der Waals surface area contributed by atoms with Crippen LogP contribution in [-0.4, -0.2) is 25.5 Å². The minimum Gasteiger partial charge on any atom is -0.481 e. The van der Waals surface area contributed by atoms with Crippen molar-refractivity contribution in [3.05, 3.63) is 29.0 Å². The molecule has 20 heavy (non-hydrogen) atoms. The molecule has 1 aliphatic carbocycles. The van der Waals surface area contributed by atoms with Crippen LogP contribution < -0.4 is 4.72 Å². The molecule has 0 aliphatic heterocycles. The second-order valence-corrected chi connectivity index (χ2v) is 6.83. The normalized spacial score (nSPS) is 16.9. The number of rotatable bonds is 6. The molecule has 2 N–H and O–H groups in total. The molecule has 1 aliphatic rings. The zero-order valence-electron chi connectivity index (χ0n) is 10.3. The molecule has 2 rings (SSSR count). The maximum atomic E-state index is 12.9. The first kappa shape index (κ1) is 15.2. The zero-order valence-corrected chi connectivity index (χ0v) is 11.9. The van der Waals surface area contributed by atoms with E-state index in [1.165, 1.54) is 0 Å². The largest absolute Gasteiger partial charge is 0.481 e. The van der Waals surface area contributed by atoms with Crippen molar-refractivity contribution in [2.75, 3.05) is 0 Å². The monoisotopic (exact) mass is 321 g/mol. The first-order chi connectivity index (χ1) is 9.29. The molecule has 0 bridgehead atoms. The Bertz CT molecular complexity index is 630. The summed E-state index contributed by atoms with van der Waals surface area (Å²) < 4.78 is 39.6. The molecular formula is C12H13ClFNO4S. The lowest BCUT2D eigenvalue weighted by molar-refractivity contribution is -0.137.